The van der Waals surface area contributed by atoms with Crippen molar-refractivity contribution in [2.45, 2.75) is 19.9 Å². The lowest BCUT2D eigenvalue weighted by atomic mass is 10.00. The molecule has 1 N–H and O–H groups in total. The molecule has 0 radical (unpaired) electrons. The summed E-state index contributed by atoms with van der Waals surface area (Å²) < 4.78 is 19.6. The van der Waals surface area contributed by atoms with Gasteiger partial charge in [-0.1, -0.05) is 42.5 Å². The molecule has 0 fully saturated rings. The number of rotatable bonds is 5. The van der Waals surface area contributed by atoms with Crippen LogP contribution in [-0.4, -0.2) is 33.3 Å². The van der Waals surface area contributed by atoms with Gasteiger partial charge in [0.05, 0.1) is 12.2 Å². The minimum atomic E-state index is -0.238. The Bertz CT molecular complexity index is 1520. The van der Waals surface area contributed by atoms with Gasteiger partial charge in [0, 0.05) is 36.0 Å². The summed E-state index contributed by atoms with van der Waals surface area (Å²) in [6.45, 7) is 3.93. The zero-order valence-electron chi connectivity index (χ0n) is 20.5. The van der Waals surface area contributed by atoms with E-state index in [9.17, 15) is 4.39 Å². The molecule has 0 saturated carbocycles. The van der Waals surface area contributed by atoms with Crippen LogP contribution in [0.3, 0.4) is 0 Å². The highest BCUT2D eigenvalue weighted by Gasteiger charge is 2.21. The monoisotopic (exact) mass is 491 g/mol. The van der Waals surface area contributed by atoms with Crippen LogP contribution in [0.5, 0.6) is 5.75 Å². The third-order valence-corrected chi connectivity index (χ3v) is 6.80. The second-order valence-corrected chi connectivity index (χ2v) is 9.20. The van der Waals surface area contributed by atoms with Crippen molar-refractivity contribution in [3.05, 3.63) is 114 Å². The van der Waals surface area contributed by atoms with Crippen molar-refractivity contribution in [2.24, 2.45) is 0 Å². The maximum absolute atomic E-state index is 13.4. The molecule has 3 aromatic carbocycles. The highest BCUT2D eigenvalue weighted by molar-refractivity contribution is 5.70. The molecule has 6 rings (SSSR count). The van der Waals surface area contributed by atoms with Crippen LogP contribution in [0.1, 0.15) is 22.4 Å². The molecule has 0 spiro atoms. The number of anilines is 1. The fourth-order valence-electron chi connectivity index (χ4n) is 4.79. The maximum atomic E-state index is 13.4. The van der Waals surface area contributed by atoms with Crippen molar-refractivity contribution >= 4 is 5.82 Å². The third-order valence-electron chi connectivity index (χ3n) is 6.80. The number of halogens is 1. The Morgan fingerprint density at radius 3 is 2.49 bits per heavy atom. The Morgan fingerprint density at radius 1 is 0.919 bits per heavy atom. The number of aromatic amines is 1. The van der Waals surface area contributed by atoms with E-state index in [2.05, 4.69) is 67.5 Å². The zero-order chi connectivity index (χ0) is 25.2. The van der Waals surface area contributed by atoms with Gasteiger partial charge >= 0.3 is 0 Å². The second-order valence-electron chi connectivity index (χ2n) is 9.20. The Morgan fingerprint density at radius 2 is 1.70 bits per heavy atom. The topological polar surface area (TPSA) is 66.9 Å². The number of ether oxygens (including phenoxy) is 1. The minimum absolute atomic E-state index is 0.238. The molecule has 5 aromatic rings. The first kappa shape index (κ1) is 22.9. The van der Waals surface area contributed by atoms with Gasteiger partial charge in [0.2, 0.25) is 0 Å². The molecule has 0 amide bonds. The number of H-pyrrole nitrogens is 1. The first-order valence-electron chi connectivity index (χ1n) is 12.3. The minimum Gasteiger partial charge on any atom is -0.491 e. The largest absolute Gasteiger partial charge is 0.491 e. The predicted octanol–water partition coefficient (Wildman–Crippen LogP) is 5.97. The SMILES string of the molecule is Cc1ncnc(N2CCOc3ccc(-c4ccc(-c5ccn[nH]5)cc4)cc3C2)c1Cc1ccc(F)cc1. The fraction of sp³-hybridized carbons (Fsp3) is 0.167. The van der Waals surface area contributed by atoms with Crippen LogP contribution in [0.25, 0.3) is 22.4 Å². The highest BCUT2D eigenvalue weighted by Crippen LogP contribution is 2.33. The van der Waals surface area contributed by atoms with Crippen LogP contribution < -0.4 is 9.64 Å². The average molecular weight is 492 g/mol. The van der Waals surface area contributed by atoms with Gasteiger partial charge in [0.25, 0.3) is 0 Å². The van der Waals surface area contributed by atoms with Gasteiger partial charge in [0.15, 0.2) is 0 Å². The smallest absolute Gasteiger partial charge is 0.136 e. The molecule has 0 bridgehead atoms. The summed E-state index contributed by atoms with van der Waals surface area (Å²) in [5.41, 5.74) is 8.45. The van der Waals surface area contributed by atoms with E-state index in [-0.39, 0.29) is 5.82 Å². The van der Waals surface area contributed by atoms with E-state index in [4.69, 9.17) is 4.74 Å². The first-order valence-corrected chi connectivity index (χ1v) is 12.3. The van der Waals surface area contributed by atoms with Crippen molar-refractivity contribution in [3.8, 4) is 28.1 Å². The van der Waals surface area contributed by atoms with E-state index in [1.807, 2.05) is 25.1 Å². The number of hydrogen-bond donors (Lipinski definition) is 1. The van der Waals surface area contributed by atoms with Crippen LogP contribution in [0.4, 0.5) is 10.2 Å². The van der Waals surface area contributed by atoms with Gasteiger partial charge in [-0.25, -0.2) is 14.4 Å². The van der Waals surface area contributed by atoms with Crippen LogP contribution in [0.2, 0.25) is 0 Å². The zero-order valence-corrected chi connectivity index (χ0v) is 20.5. The molecule has 0 aliphatic carbocycles. The molecule has 37 heavy (non-hydrogen) atoms. The first-order chi connectivity index (χ1) is 18.1. The highest BCUT2D eigenvalue weighted by atomic mass is 19.1. The van der Waals surface area contributed by atoms with E-state index < -0.39 is 0 Å². The maximum Gasteiger partial charge on any atom is 0.136 e. The number of fused-ring (bicyclic) bond motifs is 1. The van der Waals surface area contributed by atoms with Crippen molar-refractivity contribution in [2.75, 3.05) is 18.1 Å². The number of nitrogens with one attached hydrogen (secondary N) is 1. The molecular weight excluding hydrogens is 465 g/mol. The van der Waals surface area contributed by atoms with Gasteiger partial charge in [-0.05, 0) is 59.5 Å². The number of hydrogen-bond acceptors (Lipinski definition) is 5. The lowest BCUT2D eigenvalue weighted by molar-refractivity contribution is 0.331. The molecular formula is C30H26FN5O. The predicted molar refractivity (Wildman–Crippen MR) is 142 cm³/mol. The van der Waals surface area contributed by atoms with Gasteiger partial charge in [-0.15, -0.1) is 0 Å². The summed E-state index contributed by atoms with van der Waals surface area (Å²) in [6, 6.07) is 23.4. The van der Waals surface area contributed by atoms with Crippen molar-refractivity contribution in [3.63, 3.8) is 0 Å². The lowest BCUT2D eigenvalue weighted by Gasteiger charge is -2.24. The Labute approximate surface area is 214 Å². The van der Waals surface area contributed by atoms with E-state index in [1.165, 1.54) is 12.1 Å². The molecule has 3 heterocycles. The summed E-state index contributed by atoms with van der Waals surface area (Å²) in [6.07, 6.45) is 4.00. The van der Waals surface area contributed by atoms with Gasteiger partial charge < -0.3 is 9.64 Å². The molecule has 0 saturated heterocycles. The summed E-state index contributed by atoms with van der Waals surface area (Å²) in [4.78, 5) is 11.4. The molecule has 7 heteroatoms. The number of benzene rings is 3. The van der Waals surface area contributed by atoms with Crippen LogP contribution in [0, 0.1) is 12.7 Å². The van der Waals surface area contributed by atoms with E-state index >= 15 is 0 Å². The van der Waals surface area contributed by atoms with Gasteiger partial charge in [0.1, 0.15) is 30.3 Å². The number of aryl methyl sites for hydroxylation is 1. The number of nitrogens with zero attached hydrogens (tertiary/aromatic N) is 4. The van der Waals surface area contributed by atoms with Crippen molar-refractivity contribution < 1.29 is 9.13 Å². The fourth-order valence-corrected chi connectivity index (χ4v) is 4.79. The summed E-state index contributed by atoms with van der Waals surface area (Å²) >= 11 is 0. The lowest BCUT2D eigenvalue weighted by Crippen LogP contribution is -2.28. The molecule has 184 valence electrons. The molecule has 2 aromatic heterocycles. The van der Waals surface area contributed by atoms with Crippen LogP contribution >= 0.6 is 0 Å². The third kappa shape index (κ3) is 4.80. The second kappa shape index (κ2) is 9.85. The Hall–Kier alpha value is -4.52. The average Bonchev–Trinajstić information content (AvgIpc) is 3.38. The standard InChI is InChI=1S/C30H26FN5O/c1-20-27(16-21-2-9-26(31)10-3-21)30(33-19-32-20)36-14-15-37-29-11-8-24(17-25(29)18-36)22-4-6-23(7-5-22)28-12-13-34-35-28/h2-13,17,19H,14-16,18H2,1H3,(H,34,35). The van der Waals surface area contributed by atoms with Gasteiger partial charge in [-0.3, -0.25) is 5.10 Å². The molecule has 0 atom stereocenters. The van der Waals surface area contributed by atoms with Crippen LogP contribution in [-0.2, 0) is 13.0 Å². The van der Waals surface area contributed by atoms with Crippen molar-refractivity contribution in [1.29, 1.82) is 0 Å². The molecule has 6 nitrogen and oxygen atoms in total. The van der Waals surface area contributed by atoms with E-state index in [1.54, 1.807) is 12.5 Å². The molecule has 1 aliphatic heterocycles. The molecule has 0 unspecified atom stereocenters. The summed E-state index contributed by atoms with van der Waals surface area (Å²) in [5, 5.41) is 7.05. The Balaban J connectivity index is 1.30. The normalized spacial score (nSPS) is 13.1. The van der Waals surface area contributed by atoms with Crippen molar-refractivity contribution in [1.82, 2.24) is 20.2 Å². The summed E-state index contributed by atoms with van der Waals surface area (Å²) in [5.74, 6) is 1.55. The van der Waals surface area contributed by atoms with Crippen LogP contribution in [0.15, 0.2) is 85.3 Å². The number of aromatic nitrogens is 4. The molecule has 1 aliphatic rings. The van der Waals surface area contributed by atoms with E-state index in [0.29, 0.717) is 26.1 Å². The quantitative estimate of drug-likeness (QED) is 0.328. The van der Waals surface area contributed by atoms with Gasteiger partial charge in [-0.2, -0.15) is 5.10 Å². The Kier molecular flexibility index (Phi) is 6.10. The van der Waals surface area contributed by atoms with E-state index in [0.717, 1.165) is 56.3 Å². The summed E-state index contributed by atoms with van der Waals surface area (Å²) in [7, 11) is 0.